The van der Waals surface area contributed by atoms with Gasteiger partial charge in [-0.2, -0.15) is 0 Å². The third kappa shape index (κ3) is 6.67. The summed E-state index contributed by atoms with van der Waals surface area (Å²) in [5.74, 6) is 1.68. The molecule has 0 aromatic heterocycles. The molecule has 0 spiro atoms. The fourth-order valence-electron chi connectivity index (χ4n) is 2.34. The van der Waals surface area contributed by atoms with Gasteiger partial charge in [0.1, 0.15) is 13.2 Å². The van der Waals surface area contributed by atoms with Crippen molar-refractivity contribution in [2.24, 2.45) is 0 Å². The minimum Gasteiger partial charge on any atom is -0.488 e. The topological polar surface area (TPSA) is 24.9 Å². The van der Waals surface area contributed by atoms with Gasteiger partial charge in [-0.05, 0) is 38.3 Å². The third-order valence-corrected chi connectivity index (χ3v) is 3.97. The van der Waals surface area contributed by atoms with Gasteiger partial charge in [0.15, 0.2) is 11.5 Å². The van der Waals surface area contributed by atoms with E-state index in [1.165, 1.54) is 0 Å². The molecule has 1 aromatic carbocycles. The molecule has 0 heterocycles. The fraction of sp³-hybridized carbons (Fsp3) is 0.667. The lowest BCUT2D eigenvalue weighted by Crippen LogP contribution is -2.28. The Balaban J connectivity index is 2.44. The van der Waals surface area contributed by atoms with Gasteiger partial charge in [0.25, 0.3) is 0 Å². The molecule has 0 bridgehead atoms. The van der Waals surface area contributed by atoms with Gasteiger partial charge < -0.3 is 19.3 Å². The van der Waals surface area contributed by atoms with Gasteiger partial charge in [-0.1, -0.05) is 39.8 Å². The SMILES string of the molecule is CCN(CC)CCOc1ccccc1OCCN(CC)CC. The first kappa shape index (κ1) is 18.8. The van der Waals surface area contributed by atoms with Crippen LogP contribution in [0.15, 0.2) is 24.3 Å². The molecule has 0 aliphatic heterocycles. The molecule has 0 N–H and O–H groups in total. The lowest BCUT2D eigenvalue weighted by Gasteiger charge is -2.20. The van der Waals surface area contributed by atoms with Crippen molar-refractivity contribution in [2.75, 3.05) is 52.5 Å². The molecule has 22 heavy (non-hydrogen) atoms. The first-order valence-corrected chi connectivity index (χ1v) is 8.54. The smallest absolute Gasteiger partial charge is 0.161 e. The summed E-state index contributed by atoms with van der Waals surface area (Å²) in [4.78, 5) is 4.70. The lowest BCUT2D eigenvalue weighted by atomic mass is 10.3. The molecule has 126 valence electrons. The molecule has 0 amide bonds. The first-order chi connectivity index (χ1) is 10.7. The number of hydrogen-bond acceptors (Lipinski definition) is 4. The highest BCUT2D eigenvalue weighted by Crippen LogP contribution is 2.26. The van der Waals surface area contributed by atoms with E-state index in [1.54, 1.807) is 0 Å². The average molecular weight is 308 g/mol. The zero-order valence-electron chi connectivity index (χ0n) is 14.7. The molecule has 0 fully saturated rings. The van der Waals surface area contributed by atoms with Gasteiger partial charge >= 0.3 is 0 Å². The normalized spacial score (nSPS) is 11.2. The monoisotopic (exact) mass is 308 g/mol. The second-order valence-electron chi connectivity index (χ2n) is 5.20. The minimum absolute atomic E-state index is 0.693. The number of likely N-dealkylation sites (N-methyl/N-ethyl adjacent to an activating group) is 2. The van der Waals surface area contributed by atoms with E-state index in [2.05, 4.69) is 37.5 Å². The van der Waals surface area contributed by atoms with E-state index in [4.69, 9.17) is 9.47 Å². The number of nitrogens with zero attached hydrogens (tertiary/aromatic N) is 2. The Morgan fingerprint density at radius 3 is 1.36 bits per heavy atom. The molecule has 0 saturated carbocycles. The summed E-state index contributed by atoms with van der Waals surface area (Å²) in [6, 6.07) is 7.94. The summed E-state index contributed by atoms with van der Waals surface area (Å²) >= 11 is 0. The van der Waals surface area contributed by atoms with E-state index < -0.39 is 0 Å². The van der Waals surface area contributed by atoms with Crippen molar-refractivity contribution in [3.05, 3.63) is 24.3 Å². The van der Waals surface area contributed by atoms with Crippen molar-refractivity contribution < 1.29 is 9.47 Å². The van der Waals surface area contributed by atoms with Gasteiger partial charge in [-0.15, -0.1) is 0 Å². The van der Waals surface area contributed by atoms with Crippen LogP contribution in [0.1, 0.15) is 27.7 Å². The second kappa shape index (κ2) is 11.3. The molecular formula is C18H32N2O2. The fourth-order valence-corrected chi connectivity index (χ4v) is 2.34. The van der Waals surface area contributed by atoms with Crippen LogP contribution in [0.25, 0.3) is 0 Å². The van der Waals surface area contributed by atoms with E-state index in [0.717, 1.165) is 50.8 Å². The Labute approximate surface area is 136 Å². The van der Waals surface area contributed by atoms with Crippen molar-refractivity contribution >= 4 is 0 Å². The number of hydrogen-bond donors (Lipinski definition) is 0. The number of rotatable bonds is 12. The highest BCUT2D eigenvalue weighted by molar-refractivity contribution is 5.39. The molecule has 0 radical (unpaired) electrons. The van der Waals surface area contributed by atoms with Crippen molar-refractivity contribution in [1.82, 2.24) is 9.80 Å². The van der Waals surface area contributed by atoms with Crippen LogP contribution in [0.5, 0.6) is 11.5 Å². The molecule has 0 aliphatic carbocycles. The molecule has 0 atom stereocenters. The van der Waals surface area contributed by atoms with Crippen LogP contribution < -0.4 is 9.47 Å². The molecule has 4 nitrogen and oxygen atoms in total. The van der Waals surface area contributed by atoms with Gasteiger partial charge in [0, 0.05) is 13.1 Å². The van der Waals surface area contributed by atoms with Crippen molar-refractivity contribution in [1.29, 1.82) is 0 Å². The highest BCUT2D eigenvalue weighted by atomic mass is 16.5. The van der Waals surface area contributed by atoms with Gasteiger partial charge in [0.05, 0.1) is 0 Å². The van der Waals surface area contributed by atoms with E-state index in [9.17, 15) is 0 Å². The van der Waals surface area contributed by atoms with Crippen LogP contribution in [-0.2, 0) is 0 Å². The summed E-state index contributed by atoms with van der Waals surface area (Å²) in [6.45, 7) is 16.2. The molecule has 0 aliphatic rings. The van der Waals surface area contributed by atoms with Crippen LogP contribution in [-0.4, -0.2) is 62.3 Å². The summed E-state index contributed by atoms with van der Waals surface area (Å²) < 4.78 is 11.8. The standard InChI is InChI=1S/C18H32N2O2/c1-5-19(6-2)13-15-21-17-11-9-10-12-18(17)22-16-14-20(7-3)8-4/h9-12H,5-8,13-16H2,1-4H3. The Morgan fingerprint density at radius 1 is 0.682 bits per heavy atom. The number of ether oxygens (including phenoxy) is 2. The second-order valence-corrected chi connectivity index (χ2v) is 5.20. The maximum atomic E-state index is 5.90. The zero-order chi connectivity index (χ0) is 16.2. The van der Waals surface area contributed by atoms with Crippen LogP contribution in [0.4, 0.5) is 0 Å². The van der Waals surface area contributed by atoms with Crippen LogP contribution in [0.2, 0.25) is 0 Å². The van der Waals surface area contributed by atoms with Gasteiger partial charge in [-0.25, -0.2) is 0 Å². The van der Waals surface area contributed by atoms with E-state index in [0.29, 0.717) is 13.2 Å². The minimum atomic E-state index is 0.693. The zero-order valence-corrected chi connectivity index (χ0v) is 14.7. The predicted molar refractivity (Wildman–Crippen MR) is 93.0 cm³/mol. The van der Waals surface area contributed by atoms with E-state index in [1.807, 2.05) is 24.3 Å². The molecule has 0 unspecified atom stereocenters. The summed E-state index contributed by atoms with van der Waals surface area (Å²) in [5.41, 5.74) is 0. The Kier molecular flexibility index (Phi) is 9.67. The van der Waals surface area contributed by atoms with Crippen molar-refractivity contribution in [3.63, 3.8) is 0 Å². The highest BCUT2D eigenvalue weighted by Gasteiger charge is 2.06. The molecule has 4 heteroatoms. The van der Waals surface area contributed by atoms with Crippen LogP contribution in [0, 0.1) is 0 Å². The first-order valence-electron chi connectivity index (χ1n) is 8.54. The maximum Gasteiger partial charge on any atom is 0.161 e. The quantitative estimate of drug-likeness (QED) is 0.592. The predicted octanol–water partition coefficient (Wildman–Crippen LogP) is 3.13. The summed E-state index contributed by atoms with van der Waals surface area (Å²) in [6.07, 6.45) is 0. The number of benzene rings is 1. The number of para-hydroxylation sites is 2. The molecule has 0 saturated heterocycles. The van der Waals surface area contributed by atoms with E-state index >= 15 is 0 Å². The lowest BCUT2D eigenvalue weighted by molar-refractivity contribution is 0.199. The van der Waals surface area contributed by atoms with Crippen LogP contribution >= 0.6 is 0 Å². The summed E-state index contributed by atoms with van der Waals surface area (Å²) in [7, 11) is 0. The maximum absolute atomic E-state index is 5.90. The van der Waals surface area contributed by atoms with Crippen LogP contribution in [0.3, 0.4) is 0 Å². The van der Waals surface area contributed by atoms with Crippen molar-refractivity contribution in [3.8, 4) is 11.5 Å². The van der Waals surface area contributed by atoms with Gasteiger partial charge in [-0.3, -0.25) is 0 Å². The summed E-state index contributed by atoms with van der Waals surface area (Å²) in [5, 5.41) is 0. The molecule has 1 aromatic rings. The Bertz CT molecular complexity index is 353. The molecular weight excluding hydrogens is 276 g/mol. The average Bonchev–Trinajstić information content (AvgIpc) is 2.57. The molecule has 1 rings (SSSR count). The largest absolute Gasteiger partial charge is 0.488 e. The van der Waals surface area contributed by atoms with Crippen molar-refractivity contribution in [2.45, 2.75) is 27.7 Å². The third-order valence-electron chi connectivity index (χ3n) is 3.97. The Morgan fingerprint density at radius 2 is 1.05 bits per heavy atom. The van der Waals surface area contributed by atoms with E-state index in [-0.39, 0.29) is 0 Å². The Hall–Kier alpha value is -1.26. The van der Waals surface area contributed by atoms with Gasteiger partial charge in [0.2, 0.25) is 0 Å².